The molecule has 4 nitrogen and oxygen atoms in total. The van der Waals surface area contributed by atoms with Crippen molar-refractivity contribution in [2.75, 3.05) is 26.2 Å². The molecular weight excluding hydrogens is 250 g/mol. The highest BCUT2D eigenvalue weighted by Crippen LogP contribution is 2.24. The molecule has 2 aliphatic heterocycles. The van der Waals surface area contributed by atoms with Crippen molar-refractivity contribution in [3.8, 4) is 0 Å². The number of hydrogen-bond acceptors (Lipinski definition) is 2. The molecule has 0 radical (unpaired) electrons. The molecule has 1 atom stereocenters. The molecule has 2 fully saturated rings. The van der Waals surface area contributed by atoms with Crippen LogP contribution in [0.3, 0.4) is 0 Å². The highest BCUT2D eigenvalue weighted by Gasteiger charge is 2.33. The molecule has 2 saturated heterocycles. The van der Waals surface area contributed by atoms with Crippen LogP contribution < -0.4 is 0 Å². The lowest BCUT2D eigenvalue weighted by Crippen LogP contribution is -2.52. The second-order valence-corrected chi connectivity index (χ2v) is 5.83. The van der Waals surface area contributed by atoms with Gasteiger partial charge >= 0.3 is 0 Å². The summed E-state index contributed by atoms with van der Waals surface area (Å²) in [5.74, 6) is 0.182. The van der Waals surface area contributed by atoms with E-state index < -0.39 is 0 Å². The lowest BCUT2D eigenvalue weighted by molar-refractivity contribution is 0.0573. The number of nitrogens with zero attached hydrogens (tertiary/aromatic N) is 2. The number of piperazine rings is 1. The Morgan fingerprint density at radius 1 is 1.20 bits per heavy atom. The van der Waals surface area contributed by atoms with Gasteiger partial charge in [0, 0.05) is 48.3 Å². The van der Waals surface area contributed by atoms with E-state index in [-0.39, 0.29) is 5.91 Å². The van der Waals surface area contributed by atoms with E-state index in [1.807, 2.05) is 35.4 Å². The van der Waals surface area contributed by atoms with Crippen LogP contribution in [0.4, 0.5) is 0 Å². The lowest BCUT2D eigenvalue weighted by Gasteiger charge is -2.37. The van der Waals surface area contributed by atoms with Crippen LogP contribution in [0.15, 0.2) is 30.5 Å². The zero-order chi connectivity index (χ0) is 13.5. The van der Waals surface area contributed by atoms with E-state index in [1.165, 1.54) is 19.4 Å². The summed E-state index contributed by atoms with van der Waals surface area (Å²) in [5.41, 5.74) is 1.87. The van der Waals surface area contributed by atoms with Gasteiger partial charge in [0.05, 0.1) is 0 Å². The Labute approximate surface area is 118 Å². The molecule has 2 aliphatic rings. The number of aromatic nitrogens is 1. The van der Waals surface area contributed by atoms with E-state index in [1.54, 1.807) is 0 Å². The summed E-state index contributed by atoms with van der Waals surface area (Å²) in [4.78, 5) is 20.5. The average Bonchev–Trinajstić information content (AvgIpc) is 3.13. The smallest absolute Gasteiger partial charge is 0.254 e. The Morgan fingerprint density at radius 3 is 3.10 bits per heavy atom. The Kier molecular flexibility index (Phi) is 2.77. The third-order valence-electron chi connectivity index (χ3n) is 4.70. The van der Waals surface area contributed by atoms with Gasteiger partial charge in [-0.3, -0.25) is 9.69 Å². The molecule has 4 heteroatoms. The zero-order valence-corrected chi connectivity index (χ0v) is 11.5. The Balaban J connectivity index is 1.62. The van der Waals surface area contributed by atoms with Gasteiger partial charge in [0.1, 0.15) is 0 Å². The van der Waals surface area contributed by atoms with Crippen LogP contribution in [0.25, 0.3) is 10.9 Å². The van der Waals surface area contributed by atoms with E-state index in [4.69, 9.17) is 0 Å². The lowest BCUT2D eigenvalue weighted by atomic mass is 10.1. The first-order valence-corrected chi connectivity index (χ1v) is 7.42. The summed E-state index contributed by atoms with van der Waals surface area (Å²) in [6, 6.07) is 8.49. The van der Waals surface area contributed by atoms with Crippen molar-refractivity contribution in [3.05, 3.63) is 36.0 Å². The van der Waals surface area contributed by atoms with Gasteiger partial charge < -0.3 is 9.88 Å². The molecular formula is C16H19N3O. The minimum atomic E-state index is 0.182. The van der Waals surface area contributed by atoms with E-state index in [0.29, 0.717) is 6.04 Å². The van der Waals surface area contributed by atoms with Gasteiger partial charge in [-0.15, -0.1) is 0 Å². The molecule has 1 N–H and O–H groups in total. The number of H-pyrrole nitrogens is 1. The van der Waals surface area contributed by atoms with Crippen LogP contribution in [0, 0.1) is 0 Å². The predicted octanol–water partition coefficient (Wildman–Crippen LogP) is 2.09. The van der Waals surface area contributed by atoms with Crippen molar-refractivity contribution >= 4 is 16.8 Å². The number of hydrogen-bond donors (Lipinski definition) is 1. The number of benzene rings is 1. The van der Waals surface area contributed by atoms with Gasteiger partial charge in [0.2, 0.25) is 0 Å². The zero-order valence-electron chi connectivity index (χ0n) is 11.5. The molecule has 20 heavy (non-hydrogen) atoms. The average molecular weight is 269 g/mol. The normalized spacial score (nSPS) is 23.2. The molecule has 1 aromatic heterocycles. The number of carbonyl (C=O) groups excluding carboxylic acids is 1. The summed E-state index contributed by atoms with van der Waals surface area (Å²) in [7, 11) is 0. The van der Waals surface area contributed by atoms with E-state index in [9.17, 15) is 4.79 Å². The number of rotatable bonds is 1. The summed E-state index contributed by atoms with van der Waals surface area (Å²) >= 11 is 0. The van der Waals surface area contributed by atoms with Gasteiger partial charge in [0.15, 0.2) is 0 Å². The topological polar surface area (TPSA) is 39.3 Å². The second-order valence-electron chi connectivity index (χ2n) is 5.83. The summed E-state index contributed by atoms with van der Waals surface area (Å²) in [6.45, 7) is 3.98. The van der Waals surface area contributed by atoms with Crippen molar-refractivity contribution in [2.24, 2.45) is 0 Å². The van der Waals surface area contributed by atoms with Crippen LogP contribution in [0.1, 0.15) is 23.2 Å². The third kappa shape index (κ3) is 1.83. The van der Waals surface area contributed by atoms with Crippen molar-refractivity contribution in [3.63, 3.8) is 0 Å². The minimum absolute atomic E-state index is 0.182. The van der Waals surface area contributed by atoms with Crippen LogP contribution >= 0.6 is 0 Å². The van der Waals surface area contributed by atoms with E-state index in [2.05, 4.69) is 9.88 Å². The van der Waals surface area contributed by atoms with E-state index in [0.717, 1.165) is 36.1 Å². The van der Waals surface area contributed by atoms with Crippen LogP contribution in [-0.2, 0) is 0 Å². The molecule has 3 heterocycles. The second kappa shape index (κ2) is 4.63. The van der Waals surface area contributed by atoms with Crippen molar-refractivity contribution in [1.29, 1.82) is 0 Å². The number of amides is 1. The van der Waals surface area contributed by atoms with Gasteiger partial charge in [-0.25, -0.2) is 0 Å². The van der Waals surface area contributed by atoms with Crippen LogP contribution in [0.2, 0.25) is 0 Å². The number of nitrogens with one attached hydrogen (secondary N) is 1. The maximum Gasteiger partial charge on any atom is 0.254 e. The predicted molar refractivity (Wildman–Crippen MR) is 78.8 cm³/mol. The SMILES string of the molecule is O=C(c1cccc2[nH]ccc12)N1CCN2CCCC2C1. The fourth-order valence-electron chi connectivity index (χ4n) is 3.62. The van der Waals surface area contributed by atoms with Gasteiger partial charge in [-0.05, 0) is 37.6 Å². The Hall–Kier alpha value is -1.81. The van der Waals surface area contributed by atoms with Crippen molar-refractivity contribution in [1.82, 2.24) is 14.8 Å². The van der Waals surface area contributed by atoms with Crippen LogP contribution in [-0.4, -0.2) is 52.9 Å². The molecule has 0 spiro atoms. The number of fused-ring (bicyclic) bond motifs is 2. The van der Waals surface area contributed by atoms with E-state index >= 15 is 0 Å². The number of carbonyl (C=O) groups is 1. The fraction of sp³-hybridized carbons (Fsp3) is 0.438. The first kappa shape index (κ1) is 12.0. The summed E-state index contributed by atoms with van der Waals surface area (Å²) < 4.78 is 0. The molecule has 0 saturated carbocycles. The monoisotopic (exact) mass is 269 g/mol. The maximum atomic E-state index is 12.8. The van der Waals surface area contributed by atoms with Gasteiger partial charge in [0.25, 0.3) is 5.91 Å². The third-order valence-corrected chi connectivity index (χ3v) is 4.70. The molecule has 0 aliphatic carbocycles. The van der Waals surface area contributed by atoms with Crippen molar-refractivity contribution < 1.29 is 4.79 Å². The Morgan fingerprint density at radius 2 is 2.15 bits per heavy atom. The molecule has 104 valence electrons. The van der Waals surface area contributed by atoms with Gasteiger partial charge in [-0.2, -0.15) is 0 Å². The van der Waals surface area contributed by atoms with Crippen LogP contribution in [0.5, 0.6) is 0 Å². The standard InChI is InChI=1S/C16H19N3O/c20-16(14-4-1-5-15-13(14)6-7-17-15)19-10-9-18-8-2-3-12(18)11-19/h1,4-7,12,17H,2-3,8-11H2. The molecule has 1 unspecified atom stereocenters. The number of aromatic amines is 1. The Bertz CT molecular complexity index is 648. The quantitative estimate of drug-likeness (QED) is 0.861. The van der Waals surface area contributed by atoms with Crippen molar-refractivity contribution in [2.45, 2.75) is 18.9 Å². The highest BCUT2D eigenvalue weighted by molar-refractivity contribution is 6.06. The summed E-state index contributed by atoms with van der Waals surface area (Å²) in [6.07, 6.45) is 4.41. The molecule has 1 aromatic carbocycles. The first-order chi connectivity index (χ1) is 9.83. The maximum absolute atomic E-state index is 12.8. The largest absolute Gasteiger partial charge is 0.361 e. The summed E-state index contributed by atoms with van der Waals surface area (Å²) in [5, 5.41) is 1.03. The van der Waals surface area contributed by atoms with Gasteiger partial charge in [-0.1, -0.05) is 6.07 Å². The first-order valence-electron chi connectivity index (χ1n) is 7.42. The minimum Gasteiger partial charge on any atom is -0.361 e. The molecule has 4 rings (SSSR count). The molecule has 1 amide bonds. The fourth-order valence-corrected chi connectivity index (χ4v) is 3.62. The highest BCUT2D eigenvalue weighted by atomic mass is 16.2. The molecule has 2 aromatic rings. The molecule has 0 bridgehead atoms.